The second kappa shape index (κ2) is 6.86. The molecule has 110 valence electrons. The summed E-state index contributed by atoms with van der Waals surface area (Å²) in [5, 5.41) is 0. The van der Waals surface area contributed by atoms with Crippen LogP contribution in [0.15, 0.2) is 0 Å². The Morgan fingerprint density at radius 3 is 2.16 bits per heavy atom. The van der Waals surface area contributed by atoms with E-state index in [4.69, 9.17) is 18.9 Å². The summed E-state index contributed by atoms with van der Waals surface area (Å²) >= 11 is 0. The number of carbonyl (C=O) groups excluding carboxylic acids is 2. The van der Waals surface area contributed by atoms with Gasteiger partial charge in [-0.15, -0.1) is 0 Å². The van der Waals surface area contributed by atoms with Crippen LogP contribution in [0.2, 0.25) is 0 Å². The molecule has 0 saturated carbocycles. The molecule has 0 aliphatic carbocycles. The van der Waals surface area contributed by atoms with Gasteiger partial charge in [-0.2, -0.15) is 0 Å². The molecule has 0 unspecified atom stereocenters. The van der Waals surface area contributed by atoms with Crippen molar-refractivity contribution >= 4 is 11.9 Å². The van der Waals surface area contributed by atoms with Crippen molar-refractivity contribution in [2.24, 2.45) is 0 Å². The molecule has 1 aliphatic rings. The molecule has 19 heavy (non-hydrogen) atoms. The number of rotatable bonds is 4. The summed E-state index contributed by atoms with van der Waals surface area (Å²) < 4.78 is 21.7. The van der Waals surface area contributed by atoms with Gasteiger partial charge in [-0.05, 0) is 20.8 Å². The maximum Gasteiger partial charge on any atom is 0.303 e. The fraction of sp³-hybridized carbons (Fsp3) is 0.846. The van der Waals surface area contributed by atoms with E-state index in [2.05, 4.69) is 0 Å². The zero-order valence-corrected chi connectivity index (χ0v) is 12.0. The van der Waals surface area contributed by atoms with Crippen LogP contribution in [-0.4, -0.2) is 49.1 Å². The quantitative estimate of drug-likeness (QED) is 0.714. The third-order valence-electron chi connectivity index (χ3n) is 2.72. The van der Waals surface area contributed by atoms with Crippen molar-refractivity contribution in [3.63, 3.8) is 0 Å². The predicted octanol–water partition coefficient (Wildman–Crippen LogP) is 1.06. The van der Waals surface area contributed by atoms with Gasteiger partial charge in [-0.25, -0.2) is 0 Å². The van der Waals surface area contributed by atoms with Crippen LogP contribution in [0.4, 0.5) is 0 Å². The lowest BCUT2D eigenvalue weighted by atomic mass is 10.00. The molecule has 1 heterocycles. The minimum atomic E-state index is -0.646. The molecule has 1 saturated heterocycles. The third-order valence-corrected chi connectivity index (χ3v) is 2.72. The van der Waals surface area contributed by atoms with Gasteiger partial charge in [-0.3, -0.25) is 9.59 Å². The van der Waals surface area contributed by atoms with E-state index in [1.54, 1.807) is 0 Å². The van der Waals surface area contributed by atoms with Gasteiger partial charge in [0.05, 0.1) is 18.8 Å². The highest BCUT2D eigenvalue weighted by atomic mass is 16.6. The van der Waals surface area contributed by atoms with E-state index in [-0.39, 0.29) is 18.8 Å². The van der Waals surface area contributed by atoms with E-state index >= 15 is 0 Å². The maximum atomic E-state index is 11.2. The van der Waals surface area contributed by atoms with Crippen LogP contribution in [0.3, 0.4) is 0 Å². The fourth-order valence-electron chi connectivity index (χ4n) is 2.07. The highest BCUT2D eigenvalue weighted by molar-refractivity contribution is 5.67. The molecule has 0 bridgehead atoms. The SMILES string of the molecule is CC(=O)O[C@H]1[C@@H](OC(C)C)[C@@H](C)OC[C@@H]1OC(C)=O. The zero-order chi connectivity index (χ0) is 14.6. The summed E-state index contributed by atoms with van der Waals surface area (Å²) in [5.74, 6) is -0.878. The van der Waals surface area contributed by atoms with Gasteiger partial charge in [0.25, 0.3) is 0 Å². The Morgan fingerprint density at radius 2 is 1.68 bits per heavy atom. The summed E-state index contributed by atoms with van der Waals surface area (Å²) in [6.07, 6.45) is -2.03. The van der Waals surface area contributed by atoms with Gasteiger partial charge < -0.3 is 18.9 Å². The van der Waals surface area contributed by atoms with Gasteiger partial charge in [0.1, 0.15) is 6.10 Å². The number of carbonyl (C=O) groups is 2. The van der Waals surface area contributed by atoms with Crippen LogP contribution in [-0.2, 0) is 28.5 Å². The first-order valence-corrected chi connectivity index (χ1v) is 6.42. The number of ether oxygens (including phenoxy) is 4. The lowest BCUT2D eigenvalue weighted by Gasteiger charge is -2.40. The Kier molecular flexibility index (Phi) is 5.75. The van der Waals surface area contributed by atoms with Crippen molar-refractivity contribution in [3.8, 4) is 0 Å². The molecule has 0 radical (unpaired) electrons. The van der Waals surface area contributed by atoms with Crippen LogP contribution in [0.25, 0.3) is 0 Å². The predicted molar refractivity (Wildman–Crippen MR) is 66.5 cm³/mol. The Bertz CT molecular complexity index is 327. The molecule has 0 aromatic carbocycles. The lowest BCUT2D eigenvalue weighted by molar-refractivity contribution is -0.229. The van der Waals surface area contributed by atoms with Crippen molar-refractivity contribution in [1.82, 2.24) is 0 Å². The molecule has 0 amide bonds. The van der Waals surface area contributed by atoms with Crippen molar-refractivity contribution in [2.75, 3.05) is 6.61 Å². The first-order valence-electron chi connectivity index (χ1n) is 6.42. The van der Waals surface area contributed by atoms with E-state index in [1.165, 1.54) is 13.8 Å². The summed E-state index contributed by atoms with van der Waals surface area (Å²) in [4.78, 5) is 22.3. The van der Waals surface area contributed by atoms with E-state index in [0.29, 0.717) is 0 Å². The second-order valence-electron chi connectivity index (χ2n) is 4.91. The van der Waals surface area contributed by atoms with Crippen LogP contribution in [0.5, 0.6) is 0 Å². The van der Waals surface area contributed by atoms with E-state index < -0.39 is 30.3 Å². The maximum absolute atomic E-state index is 11.2. The Labute approximate surface area is 113 Å². The minimum absolute atomic E-state index is 0.0508. The highest BCUT2D eigenvalue weighted by Gasteiger charge is 2.43. The number of hydrogen-bond acceptors (Lipinski definition) is 6. The Balaban J connectivity index is 2.86. The fourth-order valence-corrected chi connectivity index (χ4v) is 2.07. The molecule has 0 N–H and O–H groups in total. The van der Waals surface area contributed by atoms with Gasteiger partial charge >= 0.3 is 11.9 Å². The summed E-state index contributed by atoms with van der Waals surface area (Å²) in [7, 11) is 0. The summed E-state index contributed by atoms with van der Waals surface area (Å²) in [6, 6.07) is 0. The van der Waals surface area contributed by atoms with E-state index in [9.17, 15) is 9.59 Å². The first-order chi connectivity index (χ1) is 8.81. The molecule has 0 aromatic heterocycles. The standard InChI is InChI=1S/C13H22O6/c1-7(2)17-12-8(3)16-6-11(18-9(4)14)13(12)19-10(5)15/h7-8,11-13H,6H2,1-5H3/t8-,11+,12+,13-/m1/s1. The Hall–Kier alpha value is -1.14. The normalized spacial score (nSPS) is 31.1. The smallest absolute Gasteiger partial charge is 0.303 e. The topological polar surface area (TPSA) is 71.1 Å². The van der Waals surface area contributed by atoms with Crippen molar-refractivity contribution in [1.29, 1.82) is 0 Å². The molecule has 1 rings (SSSR count). The molecule has 6 nitrogen and oxygen atoms in total. The third kappa shape index (κ3) is 4.80. The largest absolute Gasteiger partial charge is 0.456 e. The van der Waals surface area contributed by atoms with Crippen LogP contribution < -0.4 is 0 Å². The van der Waals surface area contributed by atoms with Crippen molar-refractivity contribution in [2.45, 2.75) is 65.1 Å². The Morgan fingerprint density at radius 1 is 1.11 bits per heavy atom. The highest BCUT2D eigenvalue weighted by Crippen LogP contribution is 2.24. The molecule has 0 aromatic rings. The number of hydrogen-bond donors (Lipinski definition) is 0. The van der Waals surface area contributed by atoms with Gasteiger partial charge in [0.15, 0.2) is 12.2 Å². The monoisotopic (exact) mass is 274 g/mol. The van der Waals surface area contributed by atoms with Crippen molar-refractivity contribution < 1.29 is 28.5 Å². The van der Waals surface area contributed by atoms with Crippen LogP contribution >= 0.6 is 0 Å². The van der Waals surface area contributed by atoms with Gasteiger partial charge in [-0.1, -0.05) is 0 Å². The molecule has 6 heteroatoms. The second-order valence-corrected chi connectivity index (χ2v) is 4.91. The number of esters is 2. The molecule has 1 aliphatic heterocycles. The lowest BCUT2D eigenvalue weighted by Crippen LogP contribution is -2.56. The minimum Gasteiger partial charge on any atom is -0.456 e. The molecule has 0 spiro atoms. The van der Waals surface area contributed by atoms with E-state index in [0.717, 1.165) is 0 Å². The summed E-state index contributed by atoms with van der Waals surface area (Å²) in [6.45, 7) is 8.42. The molecular formula is C13H22O6. The molecule has 4 atom stereocenters. The van der Waals surface area contributed by atoms with Crippen LogP contribution in [0.1, 0.15) is 34.6 Å². The van der Waals surface area contributed by atoms with E-state index in [1.807, 2.05) is 20.8 Å². The van der Waals surface area contributed by atoms with Gasteiger partial charge in [0.2, 0.25) is 0 Å². The van der Waals surface area contributed by atoms with Crippen molar-refractivity contribution in [3.05, 3.63) is 0 Å². The van der Waals surface area contributed by atoms with Gasteiger partial charge in [0, 0.05) is 13.8 Å². The zero-order valence-electron chi connectivity index (χ0n) is 12.0. The molecule has 1 fully saturated rings. The van der Waals surface area contributed by atoms with Crippen LogP contribution in [0, 0.1) is 0 Å². The summed E-state index contributed by atoms with van der Waals surface area (Å²) in [5.41, 5.74) is 0. The average Bonchev–Trinajstić information content (AvgIpc) is 2.25. The molecular weight excluding hydrogens is 252 g/mol. The first kappa shape index (κ1) is 15.9. The average molecular weight is 274 g/mol.